The Kier molecular flexibility index (Phi) is 7.62. The van der Waals surface area contributed by atoms with Crippen LogP contribution in [0.15, 0.2) is 29.3 Å². The Labute approximate surface area is 220 Å². The van der Waals surface area contributed by atoms with Gasteiger partial charge in [0, 0.05) is 44.0 Å². The summed E-state index contributed by atoms with van der Waals surface area (Å²) in [6.07, 6.45) is -3.35. The molecule has 1 saturated heterocycles. The zero-order valence-electron chi connectivity index (χ0n) is 20.8. The fraction of sp³-hybridized carbons (Fsp3) is 0.435. The number of aryl methyl sites for hydroxylation is 2. The smallest absolute Gasteiger partial charge is 0.405 e. The van der Waals surface area contributed by atoms with Crippen LogP contribution in [0, 0.1) is 18.7 Å². The second kappa shape index (κ2) is 10.5. The van der Waals surface area contributed by atoms with Gasteiger partial charge in [-0.1, -0.05) is 0 Å². The molecule has 2 atom stereocenters. The van der Waals surface area contributed by atoms with Crippen molar-refractivity contribution in [2.24, 2.45) is 13.0 Å². The first-order chi connectivity index (χ1) is 18.2. The van der Waals surface area contributed by atoms with Crippen LogP contribution in [-0.4, -0.2) is 74.1 Å². The van der Waals surface area contributed by atoms with E-state index in [1.54, 1.807) is 0 Å². The van der Waals surface area contributed by atoms with Crippen molar-refractivity contribution < 1.29 is 45.1 Å². The quantitative estimate of drug-likeness (QED) is 0.373. The normalized spacial score (nSPS) is 20.5. The van der Waals surface area contributed by atoms with Gasteiger partial charge < -0.3 is 24.8 Å². The highest BCUT2D eigenvalue weighted by atomic mass is 32.2. The number of aromatic nitrogens is 1. The van der Waals surface area contributed by atoms with E-state index in [9.17, 15) is 40.4 Å². The molecule has 2 aliphatic rings. The van der Waals surface area contributed by atoms with E-state index < -0.39 is 58.2 Å². The Bertz CT molecular complexity index is 1420. The van der Waals surface area contributed by atoms with Gasteiger partial charge in [0.15, 0.2) is 11.4 Å². The summed E-state index contributed by atoms with van der Waals surface area (Å²) in [4.78, 5) is 38.0. The fourth-order valence-electron chi connectivity index (χ4n) is 4.45. The van der Waals surface area contributed by atoms with Crippen LogP contribution in [-0.2, 0) is 26.7 Å². The highest BCUT2D eigenvalue weighted by Gasteiger charge is 2.41. The lowest BCUT2D eigenvalue weighted by molar-refractivity contribution is -0.152. The van der Waals surface area contributed by atoms with Crippen LogP contribution in [0.3, 0.4) is 0 Å². The summed E-state index contributed by atoms with van der Waals surface area (Å²) in [7, 11) is -2.86. The SMILES string of the molecule is Cc1cc(NC(=O)c2c3c(cn2C)S(=O)(=O)N[C@@H]2CN(C(=O)C(=O)NCC(F)(F)F)CC[C@@H]2CO3)ccc1F. The molecular formula is C23H25F4N5O6S. The van der Waals surface area contributed by atoms with Crippen molar-refractivity contribution >= 4 is 33.4 Å². The number of benzene rings is 1. The molecule has 4 rings (SSSR count). The topological polar surface area (TPSA) is 139 Å². The number of sulfonamides is 1. The van der Waals surface area contributed by atoms with Crippen molar-refractivity contribution in [1.29, 1.82) is 0 Å². The molecule has 0 bridgehead atoms. The molecule has 3 N–H and O–H groups in total. The van der Waals surface area contributed by atoms with Crippen LogP contribution in [0.5, 0.6) is 5.75 Å². The third kappa shape index (κ3) is 6.16. The summed E-state index contributed by atoms with van der Waals surface area (Å²) in [5.41, 5.74) is 0.494. The average molecular weight is 576 g/mol. The van der Waals surface area contributed by atoms with Gasteiger partial charge in [-0.15, -0.1) is 0 Å². The molecule has 3 heterocycles. The van der Waals surface area contributed by atoms with Gasteiger partial charge in [0.25, 0.3) is 5.91 Å². The molecule has 3 amide bonds. The van der Waals surface area contributed by atoms with Crippen LogP contribution >= 0.6 is 0 Å². The first-order valence-corrected chi connectivity index (χ1v) is 13.2. The van der Waals surface area contributed by atoms with Crippen LogP contribution in [0.1, 0.15) is 22.5 Å². The number of nitrogens with one attached hydrogen (secondary N) is 3. The van der Waals surface area contributed by atoms with Gasteiger partial charge in [0.05, 0.1) is 6.61 Å². The van der Waals surface area contributed by atoms with Crippen LogP contribution in [0.25, 0.3) is 0 Å². The second-order valence-corrected chi connectivity index (χ2v) is 11.0. The molecule has 212 valence electrons. The molecule has 0 saturated carbocycles. The highest BCUT2D eigenvalue weighted by Crippen LogP contribution is 2.35. The van der Waals surface area contributed by atoms with E-state index in [1.165, 1.54) is 48.3 Å². The molecule has 2 aromatic rings. The summed E-state index contributed by atoms with van der Waals surface area (Å²) >= 11 is 0. The lowest BCUT2D eigenvalue weighted by Crippen LogP contribution is -2.58. The van der Waals surface area contributed by atoms with Crippen molar-refractivity contribution in [2.45, 2.75) is 30.5 Å². The average Bonchev–Trinajstić information content (AvgIpc) is 3.18. The Balaban J connectivity index is 1.53. The maximum Gasteiger partial charge on any atom is 0.405 e. The summed E-state index contributed by atoms with van der Waals surface area (Å²) in [5, 5.41) is 4.11. The van der Waals surface area contributed by atoms with Gasteiger partial charge in [0.1, 0.15) is 17.3 Å². The maximum absolute atomic E-state index is 13.6. The maximum atomic E-state index is 13.6. The molecule has 1 aromatic heterocycles. The number of alkyl halides is 3. The van der Waals surface area contributed by atoms with E-state index in [2.05, 4.69) is 10.0 Å². The van der Waals surface area contributed by atoms with Crippen LogP contribution in [0.2, 0.25) is 0 Å². The van der Waals surface area contributed by atoms with Crippen molar-refractivity contribution in [3.05, 3.63) is 41.5 Å². The second-order valence-electron chi connectivity index (χ2n) is 9.34. The number of ether oxygens (including phenoxy) is 1. The third-order valence-corrected chi connectivity index (χ3v) is 7.94. The van der Waals surface area contributed by atoms with Crippen LogP contribution in [0.4, 0.5) is 23.2 Å². The number of carbonyl (C=O) groups is 3. The number of fused-ring (bicyclic) bond motifs is 2. The van der Waals surface area contributed by atoms with Crippen molar-refractivity contribution in [3.63, 3.8) is 0 Å². The van der Waals surface area contributed by atoms with Gasteiger partial charge in [-0.2, -0.15) is 13.2 Å². The minimum atomic E-state index is -4.70. The zero-order valence-corrected chi connectivity index (χ0v) is 21.6. The summed E-state index contributed by atoms with van der Waals surface area (Å²) in [5.74, 6) is -4.48. The van der Waals surface area contributed by atoms with E-state index in [4.69, 9.17) is 4.74 Å². The minimum absolute atomic E-state index is 0.0244. The molecule has 2 aliphatic heterocycles. The lowest BCUT2D eigenvalue weighted by Gasteiger charge is -2.39. The molecule has 1 aromatic carbocycles. The van der Waals surface area contributed by atoms with E-state index in [-0.39, 0.29) is 48.1 Å². The number of halogens is 4. The van der Waals surface area contributed by atoms with Gasteiger partial charge in [-0.05, 0) is 37.1 Å². The summed E-state index contributed by atoms with van der Waals surface area (Å²) < 4.78 is 86.9. The Morgan fingerprint density at radius 1 is 1.23 bits per heavy atom. The summed E-state index contributed by atoms with van der Waals surface area (Å²) in [6.45, 7) is -0.503. The number of rotatable bonds is 3. The Morgan fingerprint density at radius 2 is 1.95 bits per heavy atom. The number of likely N-dealkylation sites (tertiary alicyclic amines) is 1. The van der Waals surface area contributed by atoms with Crippen molar-refractivity contribution in [2.75, 3.05) is 31.6 Å². The largest absolute Gasteiger partial charge is 0.489 e. The number of hydrogen-bond acceptors (Lipinski definition) is 6. The molecule has 1 fully saturated rings. The number of amides is 3. The molecular weight excluding hydrogens is 550 g/mol. The lowest BCUT2D eigenvalue weighted by atomic mass is 9.93. The van der Waals surface area contributed by atoms with Crippen LogP contribution < -0.4 is 20.1 Å². The molecule has 0 radical (unpaired) electrons. The van der Waals surface area contributed by atoms with E-state index in [1.807, 2.05) is 0 Å². The van der Waals surface area contributed by atoms with Gasteiger partial charge in [-0.3, -0.25) is 14.4 Å². The molecule has 11 nitrogen and oxygen atoms in total. The van der Waals surface area contributed by atoms with Gasteiger partial charge in [-0.25, -0.2) is 17.5 Å². The molecule has 39 heavy (non-hydrogen) atoms. The third-order valence-electron chi connectivity index (χ3n) is 6.46. The predicted octanol–water partition coefficient (Wildman–Crippen LogP) is 1.29. The molecule has 0 spiro atoms. The summed E-state index contributed by atoms with van der Waals surface area (Å²) in [6, 6.07) is 3.05. The van der Waals surface area contributed by atoms with Gasteiger partial charge in [0.2, 0.25) is 10.0 Å². The first-order valence-electron chi connectivity index (χ1n) is 11.7. The first kappa shape index (κ1) is 28.4. The van der Waals surface area contributed by atoms with Crippen molar-refractivity contribution in [3.8, 4) is 5.75 Å². The Hall–Kier alpha value is -3.66. The molecule has 0 aliphatic carbocycles. The van der Waals surface area contributed by atoms with Crippen molar-refractivity contribution in [1.82, 2.24) is 19.5 Å². The fourth-order valence-corrected chi connectivity index (χ4v) is 5.94. The predicted molar refractivity (Wildman–Crippen MR) is 128 cm³/mol. The number of anilines is 1. The number of hydrogen-bond donors (Lipinski definition) is 3. The van der Waals surface area contributed by atoms with E-state index in [0.29, 0.717) is 5.56 Å². The zero-order chi connectivity index (χ0) is 28.7. The molecule has 0 unspecified atom stereocenters. The van der Waals surface area contributed by atoms with Gasteiger partial charge >= 0.3 is 18.0 Å². The highest BCUT2D eigenvalue weighted by molar-refractivity contribution is 7.89. The number of carbonyl (C=O) groups excluding carboxylic acids is 3. The minimum Gasteiger partial charge on any atom is -0.489 e. The van der Waals surface area contributed by atoms with E-state index in [0.717, 1.165) is 4.90 Å². The number of piperidine rings is 1. The Morgan fingerprint density at radius 3 is 2.62 bits per heavy atom. The van der Waals surface area contributed by atoms with E-state index >= 15 is 0 Å². The standard InChI is InChI=1S/C23H25F4N5O6S/c1-12-7-14(3-4-15(12)24)29-20(33)18-19-17(9-31(18)2)39(36,37)30-16-8-32(6-5-13(16)10-38-19)22(35)21(34)28-11-23(25,26)27/h3-4,7,9,13,16,30H,5-6,8,10-11H2,1-2H3,(H,28,34)(H,29,33)/t13-,16-/m1/s1. The monoisotopic (exact) mass is 575 g/mol. The molecule has 16 heteroatoms. The number of nitrogens with zero attached hydrogens (tertiary/aromatic N) is 2.